The van der Waals surface area contributed by atoms with Gasteiger partial charge in [0.05, 0.1) is 13.2 Å². The monoisotopic (exact) mass is 324 g/mol. The summed E-state index contributed by atoms with van der Waals surface area (Å²) in [5, 5.41) is 0. The zero-order valence-corrected chi connectivity index (χ0v) is 15.1. The lowest BCUT2D eigenvalue weighted by atomic mass is 9.98. The molecule has 0 N–H and O–H groups in total. The molecule has 2 rings (SSSR count). The van der Waals surface area contributed by atoms with Crippen LogP contribution in [0.3, 0.4) is 0 Å². The summed E-state index contributed by atoms with van der Waals surface area (Å²) in [6, 6.07) is 0. The largest absolute Gasteiger partial charge is 0.464 e. The SMILES string of the molecule is CCOC(=O)C1(CCCCCCCCCCC2CCCC2)CO1. The van der Waals surface area contributed by atoms with E-state index in [0.717, 1.165) is 18.8 Å². The van der Waals surface area contributed by atoms with Crippen molar-refractivity contribution in [3.8, 4) is 0 Å². The van der Waals surface area contributed by atoms with E-state index in [1.807, 2.05) is 6.92 Å². The van der Waals surface area contributed by atoms with Crippen LogP contribution in [-0.2, 0) is 14.3 Å². The molecule has 0 spiro atoms. The van der Waals surface area contributed by atoms with Crippen molar-refractivity contribution in [3.05, 3.63) is 0 Å². The molecule has 0 aromatic rings. The van der Waals surface area contributed by atoms with Gasteiger partial charge in [-0.1, -0.05) is 77.0 Å². The smallest absolute Gasteiger partial charge is 0.340 e. The fourth-order valence-corrected chi connectivity index (χ4v) is 3.92. The number of esters is 1. The van der Waals surface area contributed by atoms with Crippen LogP contribution in [0, 0.1) is 5.92 Å². The maximum Gasteiger partial charge on any atom is 0.340 e. The summed E-state index contributed by atoms with van der Waals surface area (Å²) in [5.74, 6) is 0.911. The van der Waals surface area contributed by atoms with E-state index in [9.17, 15) is 4.79 Å². The third kappa shape index (κ3) is 6.82. The van der Waals surface area contributed by atoms with Crippen LogP contribution in [0.25, 0.3) is 0 Å². The molecule has 0 aromatic carbocycles. The van der Waals surface area contributed by atoms with Crippen LogP contribution in [0.5, 0.6) is 0 Å². The number of hydrogen-bond acceptors (Lipinski definition) is 3. The third-order valence-corrected chi connectivity index (χ3v) is 5.56. The number of carbonyl (C=O) groups excluding carboxylic acids is 1. The highest BCUT2D eigenvalue weighted by Gasteiger charge is 2.52. The summed E-state index contributed by atoms with van der Waals surface area (Å²) in [5.41, 5.74) is -0.559. The summed E-state index contributed by atoms with van der Waals surface area (Å²) >= 11 is 0. The highest BCUT2D eigenvalue weighted by atomic mass is 16.6. The standard InChI is InChI=1S/C20H36O3/c1-2-22-19(21)20(17-23-20)16-12-8-6-4-3-5-7-9-13-18-14-10-11-15-18/h18H,2-17H2,1H3. The fraction of sp³-hybridized carbons (Fsp3) is 0.950. The van der Waals surface area contributed by atoms with E-state index in [1.165, 1.54) is 77.0 Å². The van der Waals surface area contributed by atoms with Gasteiger partial charge < -0.3 is 9.47 Å². The second-order valence-electron chi connectivity index (χ2n) is 7.52. The van der Waals surface area contributed by atoms with Gasteiger partial charge >= 0.3 is 5.97 Å². The first-order valence-electron chi connectivity index (χ1n) is 10.1. The molecule has 1 saturated carbocycles. The zero-order chi connectivity index (χ0) is 16.4. The molecule has 1 aliphatic heterocycles. The third-order valence-electron chi connectivity index (χ3n) is 5.56. The predicted molar refractivity (Wildman–Crippen MR) is 93.4 cm³/mol. The summed E-state index contributed by atoms with van der Waals surface area (Å²) in [6.45, 7) is 2.86. The van der Waals surface area contributed by atoms with Gasteiger partial charge in [-0.25, -0.2) is 4.79 Å². The lowest BCUT2D eigenvalue weighted by Gasteiger charge is -2.10. The van der Waals surface area contributed by atoms with Crippen LogP contribution in [0.15, 0.2) is 0 Å². The van der Waals surface area contributed by atoms with E-state index in [2.05, 4.69) is 0 Å². The van der Waals surface area contributed by atoms with Crippen molar-refractivity contribution < 1.29 is 14.3 Å². The molecule has 3 heteroatoms. The van der Waals surface area contributed by atoms with E-state index in [1.54, 1.807) is 0 Å². The van der Waals surface area contributed by atoms with Crippen molar-refractivity contribution in [2.45, 2.75) is 102 Å². The number of hydrogen-bond donors (Lipinski definition) is 0. The second-order valence-corrected chi connectivity index (χ2v) is 7.52. The van der Waals surface area contributed by atoms with Gasteiger partial charge in [0.1, 0.15) is 0 Å². The van der Waals surface area contributed by atoms with Gasteiger partial charge in [0, 0.05) is 0 Å². The van der Waals surface area contributed by atoms with Crippen molar-refractivity contribution in [1.29, 1.82) is 0 Å². The zero-order valence-electron chi connectivity index (χ0n) is 15.1. The highest BCUT2D eigenvalue weighted by Crippen LogP contribution is 2.34. The average molecular weight is 325 g/mol. The Hall–Kier alpha value is -0.570. The minimum atomic E-state index is -0.559. The van der Waals surface area contributed by atoms with Crippen molar-refractivity contribution in [2.75, 3.05) is 13.2 Å². The van der Waals surface area contributed by atoms with Crippen molar-refractivity contribution in [3.63, 3.8) is 0 Å². The summed E-state index contributed by atoms with van der Waals surface area (Å²) < 4.78 is 10.4. The van der Waals surface area contributed by atoms with Gasteiger partial charge in [-0.3, -0.25) is 0 Å². The first kappa shape index (κ1) is 18.8. The lowest BCUT2D eigenvalue weighted by Crippen LogP contribution is -2.27. The van der Waals surface area contributed by atoms with E-state index < -0.39 is 5.60 Å². The summed E-state index contributed by atoms with van der Waals surface area (Å²) in [4.78, 5) is 11.7. The normalized spacial score (nSPS) is 24.0. The predicted octanol–water partition coefficient (Wildman–Crippen LogP) is 5.41. The maximum absolute atomic E-state index is 11.7. The molecule has 2 fully saturated rings. The number of rotatable bonds is 13. The van der Waals surface area contributed by atoms with Crippen LogP contribution in [-0.4, -0.2) is 24.8 Å². The minimum absolute atomic E-state index is 0.151. The molecule has 0 amide bonds. The van der Waals surface area contributed by atoms with Gasteiger partial charge in [0.15, 0.2) is 5.60 Å². The molecule has 134 valence electrons. The Morgan fingerprint density at radius 2 is 1.57 bits per heavy atom. The highest BCUT2D eigenvalue weighted by molar-refractivity contribution is 5.82. The van der Waals surface area contributed by atoms with Crippen molar-refractivity contribution in [1.82, 2.24) is 0 Å². The number of carbonyl (C=O) groups is 1. The van der Waals surface area contributed by atoms with E-state index in [0.29, 0.717) is 13.2 Å². The molecular formula is C20H36O3. The molecule has 1 saturated heterocycles. The molecule has 1 heterocycles. The molecule has 2 aliphatic rings. The van der Waals surface area contributed by atoms with E-state index >= 15 is 0 Å². The Balaban J connectivity index is 1.35. The summed E-state index contributed by atoms with van der Waals surface area (Å²) in [7, 11) is 0. The molecule has 0 radical (unpaired) electrons. The minimum Gasteiger partial charge on any atom is -0.464 e. The van der Waals surface area contributed by atoms with Gasteiger partial charge in [0.2, 0.25) is 0 Å². The Kier molecular flexibility index (Phi) is 8.43. The molecular weight excluding hydrogens is 288 g/mol. The van der Waals surface area contributed by atoms with Crippen molar-refractivity contribution in [2.24, 2.45) is 5.92 Å². The Morgan fingerprint density at radius 1 is 1.00 bits per heavy atom. The molecule has 1 unspecified atom stereocenters. The molecule has 23 heavy (non-hydrogen) atoms. The number of epoxide rings is 1. The molecule has 1 atom stereocenters. The van der Waals surface area contributed by atoms with Gasteiger partial charge in [-0.2, -0.15) is 0 Å². The van der Waals surface area contributed by atoms with Crippen LogP contribution in [0.2, 0.25) is 0 Å². The fourth-order valence-electron chi connectivity index (χ4n) is 3.92. The van der Waals surface area contributed by atoms with E-state index in [4.69, 9.17) is 9.47 Å². The first-order chi connectivity index (χ1) is 11.3. The Morgan fingerprint density at radius 3 is 2.13 bits per heavy atom. The van der Waals surface area contributed by atoms with Crippen LogP contribution < -0.4 is 0 Å². The number of unbranched alkanes of at least 4 members (excludes halogenated alkanes) is 7. The Bertz CT molecular complexity index is 330. The number of ether oxygens (including phenoxy) is 2. The van der Waals surface area contributed by atoms with Crippen LogP contribution in [0.4, 0.5) is 0 Å². The van der Waals surface area contributed by atoms with Crippen molar-refractivity contribution >= 4 is 5.97 Å². The van der Waals surface area contributed by atoms with E-state index in [-0.39, 0.29) is 5.97 Å². The van der Waals surface area contributed by atoms with Gasteiger partial charge in [-0.05, 0) is 25.7 Å². The first-order valence-corrected chi connectivity index (χ1v) is 10.1. The van der Waals surface area contributed by atoms with Crippen LogP contribution >= 0.6 is 0 Å². The molecule has 0 aromatic heterocycles. The topological polar surface area (TPSA) is 38.8 Å². The average Bonchev–Trinajstić information content (AvgIpc) is 3.16. The van der Waals surface area contributed by atoms with Crippen LogP contribution in [0.1, 0.15) is 96.8 Å². The quantitative estimate of drug-likeness (QED) is 0.258. The maximum atomic E-state index is 11.7. The van der Waals surface area contributed by atoms with Gasteiger partial charge in [0.25, 0.3) is 0 Å². The molecule has 0 bridgehead atoms. The lowest BCUT2D eigenvalue weighted by molar-refractivity contribution is -0.149. The van der Waals surface area contributed by atoms with Gasteiger partial charge in [-0.15, -0.1) is 0 Å². The molecule has 3 nitrogen and oxygen atoms in total. The molecule has 1 aliphatic carbocycles. The Labute approximate surface area is 142 Å². The summed E-state index contributed by atoms with van der Waals surface area (Å²) in [6.07, 6.45) is 18.9. The second kappa shape index (κ2) is 10.3.